The molecule has 1 saturated carbocycles. The van der Waals surface area contributed by atoms with Crippen LogP contribution in [-0.2, 0) is 4.79 Å². The lowest BCUT2D eigenvalue weighted by Gasteiger charge is -2.32. The minimum Gasteiger partial charge on any atom is -0.481 e. The third-order valence-corrected chi connectivity index (χ3v) is 6.21. The Hall–Kier alpha value is -2.63. The molecule has 1 aromatic carbocycles. The minimum absolute atomic E-state index is 0.0789. The highest BCUT2D eigenvalue weighted by Gasteiger charge is 2.27. The smallest absolute Gasteiger partial charge is 0.272 e. The summed E-state index contributed by atoms with van der Waals surface area (Å²) in [5.41, 5.74) is 0.407. The normalized spacial score (nSPS) is 18.2. The molecule has 1 N–H and O–H groups in total. The maximum atomic E-state index is 13.0. The van der Waals surface area contributed by atoms with E-state index in [-0.39, 0.29) is 17.9 Å². The van der Waals surface area contributed by atoms with Gasteiger partial charge in [0.1, 0.15) is 5.69 Å². The van der Waals surface area contributed by atoms with Gasteiger partial charge >= 0.3 is 0 Å². The van der Waals surface area contributed by atoms with Gasteiger partial charge in [0.2, 0.25) is 11.8 Å². The van der Waals surface area contributed by atoms with Crippen LogP contribution in [0.5, 0.6) is 5.88 Å². The first-order chi connectivity index (χ1) is 14.1. The molecule has 2 heterocycles. The van der Waals surface area contributed by atoms with E-state index in [4.69, 9.17) is 4.74 Å². The molecule has 0 unspecified atom stereocenters. The number of fused-ring (bicyclic) bond motifs is 1. The number of aromatic nitrogens is 1. The van der Waals surface area contributed by atoms with Crippen LogP contribution in [0.2, 0.25) is 0 Å². The quantitative estimate of drug-likeness (QED) is 0.840. The Morgan fingerprint density at radius 2 is 1.86 bits per heavy atom. The van der Waals surface area contributed by atoms with Crippen molar-refractivity contribution in [2.75, 3.05) is 20.2 Å². The number of benzene rings is 1. The van der Waals surface area contributed by atoms with Gasteiger partial charge in [0.15, 0.2) is 0 Å². The molecule has 6 heteroatoms. The zero-order chi connectivity index (χ0) is 20.2. The Bertz CT molecular complexity index is 884. The second-order valence-electron chi connectivity index (χ2n) is 8.23. The van der Waals surface area contributed by atoms with Crippen LogP contribution in [0.4, 0.5) is 0 Å². The van der Waals surface area contributed by atoms with Crippen molar-refractivity contribution in [2.45, 2.75) is 51.0 Å². The fourth-order valence-electron chi connectivity index (χ4n) is 4.58. The Balaban J connectivity index is 1.35. The van der Waals surface area contributed by atoms with Gasteiger partial charge in [-0.15, -0.1) is 0 Å². The number of ether oxygens (including phenoxy) is 1. The van der Waals surface area contributed by atoms with E-state index in [0.29, 0.717) is 37.0 Å². The number of amides is 2. The number of carbonyl (C=O) groups is 2. The SMILES string of the molecule is COc1nc(C(=O)N2CCC(NC(=O)CC3CCCC3)CC2)cc2ccccc12. The van der Waals surface area contributed by atoms with Crippen LogP contribution in [0, 0.1) is 5.92 Å². The summed E-state index contributed by atoms with van der Waals surface area (Å²) in [5.74, 6) is 1.12. The molecule has 154 valence electrons. The highest BCUT2D eigenvalue weighted by Crippen LogP contribution is 2.28. The van der Waals surface area contributed by atoms with Crippen molar-refractivity contribution in [3.8, 4) is 5.88 Å². The van der Waals surface area contributed by atoms with Gasteiger partial charge in [-0.1, -0.05) is 31.0 Å². The highest BCUT2D eigenvalue weighted by atomic mass is 16.5. The Labute approximate surface area is 171 Å². The van der Waals surface area contributed by atoms with Crippen LogP contribution >= 0.6 is 0 Å². The largest absolute Gasteiger partial charge is 0.481 e. The number of methoxy groups -OCH3 is 1. The summed E-state index contributed by atoms with van der Waals surface area (Å²) >= 11 is 0. The molecular formula is C23H29N3O3. The number of hydrogen-bond acceptors (Lipinski definition) is 4. The van der Waals surface area contributed by atoms with Crippen LogP contribution in [0.15, 0.2) is 30.3 Å². The number of pyridine rings is 1. The molecule has 1 aliphatic carbocycles. The summed E-state index contributed by atoms with van der Waals surface area (Å²) in [7, 11) is 1.57. The van der Waals surface area contributed by atoms with Gasteiger partial charge in [0.25, 0.3) is 5.91 Å². The van der Waals surface area contributed by atoms with Crippen molar-refractivity contribution >= 4 is 22.6 Å². The number of hydrogen-bond donors (Lipinski definition) is 1. The van der Waals surface area contributed by atoms with E-state index >= 15 is 0 Å². The first-order valence-electron chi connectivity index (χ1n) is 10.7. The van der Waals surface area contributed by atoms with Gasteiger partial charge in [-0.2, -0.15) is 0 Å². The maximum Gasteiger partial charge on any atom is 0.272 e. The van der Waals surface area contributed by atoms with Crippen molar-refractivity contribution in [3.63, 3.8) is 0 Å². The maximum absolute atomic E-state index is 13.0. The number of likely N-dealkylation sites (tertiary alicyclic amines) is 1. The predicted octanol–water partition coefficient (Wildman–Crippen LogP) is 3.54. The zero-order valence-corrected chi connectivity index (χ0v) is 17.0. The molecule has 0 bridgehead atoms. The molecule has 1 aromatic heterocycles. The molecule has 4 rings (SSSR count). The number of carbonyl (C=O) groups excluding carboxylic acids is 2. The second-order valence-corrected chi connectivity index (χ2v) is 8.23. The predicted molar refractivity (Wildman–Crippen MR) is 112 cm³/mol. The van der Waals surface area contributed by atoms with Crippen molar-refractivity contribution in [3.05, 3.63) is 36.0 Å². The lowest BCUT2D eigenvalue weighted by Crippen LogP contribution is -2.46. The van der Waals surface area contributed by atoms with Crippen LogP contribution in [0.25, 0.3) is 10.8 Å². The van der Waals surface area contributed by atoms with Crippen LogP contribution in [0.3, 0.4) is 0 Å². The van der Waals surface area contributed by atoms with Crippen LogP contribution in [-0.4, -0.2) is 47.9 Å². The summed E-state index contributed by atoms with van der Waals surface area (Å²) in [6.45, 7) is 1.26. The second kappa shape index (κ2) is 8.80. The summed E-state index contributed by atoms with van der Waals surface area (Å²) in [4.78, 5) is 31.5. The van der Waals surface area contributed by atoms with Crippen LogP contribution in [0.1, 0.15) is 55.4 Å². The highest BCUT2D eigenvalue weighted by molar-refractivity contribution is 5.98. The van der Waals surface area contributed by atoms with E-state index < -0.39 is 0 Å². The van der Waals surface area contributed by atoms with Crippen LogP contribution < -0.4 is 10.1 Å². The lowest BCUT2D eigenvalue weighted by molar-refractivity contribution is -0.122. The topological polar surface area (TPSA) is 71.5 Å². The molecule has 29 heavy (non-hydrogen) atoms. The fraction of sp³-hybridized carbons (Fsp3) is 0.522. The fourth-order valence-corrected chi connectivity index (χ4v) is 4.58. The van der Waals surface area contributed by atoms with E-state index in [1.165, 1.54) is 25.7 Å². The summed E-state index contributed by atoms with van der Waals surface area (Å²) in [5, 5.41) is 5.01. The molecule has 2 amide bonds. The third-order valence-electron chi connectivity index (χ3n) is 6.21. The average Bonchev–Trinajstić information content (AvgIpc) is 3.25. The molecule has 0 radical (unpaired) electrons. The van der Waals surface area contributed by atoms with Gasteiger partial charge in [0.05, 0.1) is 7.11 Å². The monoisotopic (exact) mass is 395 g/mol. The molecule has 2 aliphatic rings. The van der Waals surface area contributed by atoms with E-state index in [1.54, 1.807) is 7.11 Å². The molecule has 2 fully saturated rings. The number of rotatable bonds is 5. The van der Waals surface area contributed by atoms with Crippen molar-refractivity contribution in [1.29, 1.82) is 0 Å². The van der Waals surface area contributed by atoms with E-state index in [0.717, 1.165) is 23.6 Å². The Morgan fingerprint density at radius 3 is 2.59 bits per heavy atom. The first kappa shape index (κ1) is 19.7. The molecule has 0 spiro atoms. The van der Waals surface area contributed by atoms with E-state index in [1.807, 2.05) is 35.2 Å². The Morgan fingerprint density at radius 1 is 1.14 bits per heavy atom. The van der Waals surface area contributed by atoms with Gasteiger partial charge < -0.3 is 15.0 Å². The molecule has 6 nitrogen and oxygen atoms in total. The average molecular weight is 396 g/mol. The molecule has 1 aliphatic heterocycles. The number of piperidine rings is 1. The third kappa shape index (κ3) is 4.52. The van der Waals surface area contributed by atoms with Gasteiger partial charge in [-0.25, -0.2) is 4.98 Å². The minimum atomic E-state index is -0.0789. The Kier molecular flexibility index (Phi) is 5.97. The standard InChI is InChI=1S/C23H29N3O3/c1-29-22-19-9-5-4-8-17(19)15-20(25-22)23(28)26-12-10-18(11-13-26)24-21(27)14-16-6-2-3-7-16/h4-5,8-9,15-16,18H,2-3,6-7,10-14H2,1H3,(H,24,27). The van der Waals surface area contributed by atoms with Gasteiger partial charge in [-0.3, -0.25) is 9.59 Å². The molecule has 1 saturated heterocycles. The van der Waals surface area contributed by atoms with Crippen molar-refractivity contribution < 1.29 is 14.3 Å². The van der Waals surface area contributed by atoms with Gasteiger partial charge in [-0.05, 0) is 49.1 Å². The van der Waals surface area contributed by atoms with Gasteiger partial charge in [0, 0.05) is 30.9 Å². The summed E-state index contributed by atoms with van der Waals surface area (Å²) in [6.07, 6.45) is 7.10. The number of nitrogens with zero attached hydrogens (tertiary/aromatic N) is 2. The molecule has 0 atom stereocenters. The van der Waals surface area contributed by atoms with Crippen molar-refractivity contribution in [2.24, 2.45) is 5.92 Å². The lowest BCUT2D eigenvalue weighted by atomic mass is 10.0. The van der Waals surface area contributed by atoms with Crippen molar-refractivity contribution in [1.82, 2.24) is 15.2 Å². The zero-order valence-electron chi connectivity index (χ0n) is 17.0. The van der Waals surface area contributed by atoms with E-state index in [9.17, 15) is 9.59 Å². The molecular weight excluding hydrogens is 366 g/mol. The summed E-state index contributed by atoms with van der Waals surface area (Å²) in [6, 6.07) is 9.76. The van der Waals surface area contributed by atoms with E-state index in [2.05, 4.69) is 10.3 Å². The number of nitrogens with one attached hydrogen (secondary N) is 1. The summed E-state index contributed by atoms with van der Waals surface area (Å²) < 4.78 is 5.39. The molecule has 2 aromatic rings. The first-order valence-corrected chi connectivity index (χ1v) is 10.7.